The number of nitrogens with zero attached hydrogens (tertiary/aromatic N) is 5. The van der Waals surface area contributed by atoms with Gasteiger partial charge in [-0.3, -0.25) is 19.9 Å². The summed E-state index contributed by atoms with van der Waals surface area (Å²) in [6, 6.07) is 8.02. The van der Waals surface area contributed by atoms with Crippen LogP contribution in [0.4, 0.5) is 5.69 Å². The number of pyridine rings is 2. The summed E-state index contributed by atoms with van der Waals surface area (Å²) in [5.41, 5.74) is 9.09. The van der Waals surface area contributed by atoms with E-state index in [1.54, 1.807) is 12.4 Å². The Labute approximate surface area is 221 Å². The normalized spacial score (nSPS) is 15.3. The Morgan fingerprint density at radius 1 is 1.13 bits per heavy atom. The van der Waals surface area contributed by atoms with Crippen molar-refractivity contribution in [3.05, 3.63) is 54.0 Å². The second-order valence-electron chi connectivity index (χ2n) is 9.94. The molecule has 0 aromatic carbocycles. The number of allylic oxidation sites excluding steroid dienone is 1. The molecule has 9 nitrogen and oxygen atoms in total. The van der Waals surface area contributed by atoms with Crippen LogP contribution in [0, 0.1) is 0 Å². The van der Waals surface area contributed by atoms with Crippen LogP contribution in [0.2, 0.25) is 0 Å². The van der Waals surface area contributed by atoms with Gasteiger partial charge in [0.05, 0.1) is 35.3 Å². The highest BCUT2D eigenvalue weighted by molar-refractivity contribution is 5.93. The van der Waals surface area contributed by atoms with Gasteiger partial charge in [-0.15, -0.1) is 0 Å². The monoisotopic (exact) mass is 508 g/mol. The second kappa shape index (κ2) is 10.6. The predicted molar refractivity (Wildman–Crippen MR) is 151 cm³/mol. The molecule has 1 saturated heterocycles. The smallest absolute Gasteiger partial charge is 0.224 e. The van der Waals surface area contributed by atoms with Crippen molar-refractivity contribution in [1.29, 1.82) is 0 Å². The first-order valence-electron chi connectivity index (χ1n) is 13.5. The van der Waals surface area contributed by atoms with E-state index in [2.05, 4.69) is 54.4 Å². The molecule has 6 rings (SSSR count). The minimum absolute atomic E-state index is 0.000140. The van der Waals surface area contributed by atoms with Gasteiger partial charge in [0.1, 0.15) is 11.2 Å². The summed E-state index contributed by atoms with van der Waals surface area (Å²) in [5.74, 6) is 0.000140. The van der Waals surface area contributed by atoms with Gasteiger partial charge in [0.25, 0.3) is 0 Å². The van der Waals surface area contributed by atoms with E-state index in [-0.39, 0.29) is 5.91 Å². The summed E-state index contributed by atoms with van der Waals surface area (Å²) < 4.78 is 0. The van der Waals surface area contributed by atoms with Crippen LogP contribution in [0.5, 0.6) is 0 Å². The number of amides is 1. The number of aliphatic imine (C=N–C) groups is 1. The maximum atomic E-state index is 12.2. The number of aromatic amines is 2. The van der Waals surface area contributed by atoms with Gasteiger partial charge in [-0.05, 0) is 56.0 Å². The van der Waals surface area contributed by atoms with Gasteiger partial charge in [-0.2, -0.15) is 5.10 Å². The van der Waals surface area contributed by atoms with Gasteiger partial charge >= 0.3 is 0 Å². The van der Waals surface area contributed by atoms with Gasteiger partial charge in [0.2, 0.25) is 5.91 Å². The molecule has 1 fully saturated rings. The average molecular weight is 509 g/mol. The zero-order valence-electron chi connectivity index (χ0n) is 21.6. The summed E-state index contributed by atoms with van der Waals surface area (Å²) in [6.07, 6.45) is 13.6. The van der Waals surface area contributed by atoms with Crippen molar-refractivity contribution in [3.63, 3.8) is 0 Å². The Kier molecular flexibility index (Phi) is 6.73. The number of piperidine rings is 1. The van der Waals surface area contributed by atoms with Crippen molar-refractivity contribution >= 4 is 34.5 Å². The molecule has 2 aliphatic heterocycles. The highest BCUT2D eigenvalue weighted by Crippen LogP contribution is 2.34. The zero-order valence-corrected chi connectivity index (χ0v) is 21.6. The Balaban J connectivity index is 1.32. The number of hydrogen-bond acceptors (Lipinski definition) is 6. The van der Waals surface area contributed by atoms with Crippen LogP contribution in [0.15, 0.2) is 47.7 Å². The number of carbonyl (C=O) groups excluding carboxylic acids is 1. The lowest BCUT2D eigenvalue weighted by Gasteiger charge is -2.30. The minimum Gasteiger partial charge on any atom is -0.371 e. The predicted octanol–water partition coefficient (Wildman–Crippen LogP) is 5.55. The molecular formula is C29H32N8O. The van der Waals surface area contributed by atoms with Crippen LogP contribution in [0.25, 0.3) is 39.4 Å². The van der Waals surface area contributed by atoms with Crippen molar-refractivity contribution in [2.75, 3.05) is 18.4 Å². The topological polar surface area (TPSA) is 115 Å². The largest absolute Gasteiger partial charge is 0.371 e. The van der Waals surface area contributed by atoms with E-state index >= 15 is 0 Å². The quantitative estimate of drug-likeness (QED) is 0.303. The highest BCUT2D eigenvalue weighted by Gasteiger charge is 2.22. The Hall–Kier alpha value is -4.27. The third-order valence-electron chi connectivity index (χ3n) is 7.20. The van der Waals surface area contributed by atoms with Gasteiger partial charge < -0.3 is 15.2 Å². The molecule has 38 heavy (non-hydrogen) atoms. The fourth-order valence-electron chi connectivity index (χ4n) is 5.20. The van der Waals surface area contributed by atoms with Gasteiger partial charge in [-0.1, -0.05) is 13.3 Å². The van der Waals surface area contributed by atoms with Crippen LogP contribution in [-0.2, 0) is 11.3 Å². The lowest BCUT2D eigenvalue weighted by atomic mass is 10.1. The molecule has 194 valence electrons. The standard InChI is InChI=1S/C29H32N8O/c1-2-3-7-27(38)32-20-14-19(16-31-17-20)22-8-9-23-28(34-22)29(36-35-23)24-15-21-25(33-24)18-30-11-10-26(21)37-12-5-4-6-13-37/h8-11,14-17,33H,2-7,12-13,18H2,1H3,(H,32,38)(H,35,36). The number of hydrogen-bond donors (Lipinski definition) is 3. The molecule has 0 unspecified atom stereocenters. The molecule has 6 heterocycles. The molecule has 9 heteroatoms. The van der Waals surface area contributed by atoms with Gasteiger partial charge in [-0.25, -0.2) is 4.98 Å². The number of nitrogens with one attached hydrogen (secondary N) is 3. The van der Waals surface area contributed by atoms with E-state index in [4.69, 9.17) is 4.98 Å². The molecule has 3 N–H and O–H groups in total. The summed E-state index contributed by atoms with van der Waals surface area (Å²) in [7, 11) is 0. The first kappa shape index (κ1) is 24.1. The Morgan fingerprint density at radius 2 is 2.03 bits per heavy atom. The average Bonchev–Trinajstić information content (AvgIpc) is 3.51. The number of aromatic nitrogens is 5. The minimum atomic E-state index is 0.000140. The Bertz CT molecular complexity index is 1520. The highest BCUT2D eigenvalue weighted by atomic mass is 16.1. The van der Waals surface area contributed by atoms with E-state index in [9.17, 15) is 4.79 Å². The summed E-state index contributed by atoms with van der Waals surface area (Å²) >= 11 is 0. The van der Waals surface area contributed by atoms with Gasteiger partial charge in [0, 0.05) is 54.4 Å². The van der Waals surface area contributed by atoms with Gasteiger partial charge in [0.15, 0.2) is 0 Å². The molecule has 0 saturated carbocycles. The van der Waals surface area contributed by atoms with Crippen LogP contribution in [0.1, 0.15) is 56.7 Å². The number of rotatable bonds is 7. The third kappa shape index (κ3) is 4.83. The fraction of sp³-hybridized carbons (Fsp3) is 0.345. The van der Waals surface area contributed by atoms with Crippen molar-refractivity contribution in [1.82, 2.24) is 30.0 Å². The molecule has 0 radical (unpaired) electrons. The molecule has 0 aliphatic carbocycles. The van der Waals surface area contributed by atoms with Crippen molar-refractivity contribution < 1.29 is 4.79 Å². The molecule has 0 atom stereocenters. The number of fused-ring (bicyclic) bond motifs is 2. The van der Waals surface area contributed by atoms with Crippen LogP contribution < -0.4 is 5.32 Å². The van der Waals surface area contributed by atoms with Crippen LogP contribution in [-0.4, -0.2) is 55.3 Å². The van der Waals surface area contributed by atoms with E-state index in [1.165, 1.54) is 30.5 Å². The zero-order chi connectivity index (χ0) is 25.9. The number of likely N-dealkylation sites (tertiary alicyclic amines) is 1. The van der Waals surface area contributed by atoms with E-state index in [0.29, 0.717) is 18.7 Å². The number of anilines is 1. The maximum absolute atomic E-state index is 12.2. The summed E-state index contributed by atoms with van der Waals surface area (Å²) in [6.45, 7) is 4.82. The molecule has 0 spiro atoms. The van der Waals surface area contributed by atoms with Crippen LogP contribution >= 0.6 is 0 Å². The number of carbonyl (C=O) groups is 1. The van der Waals surface area contributed by atoms with E-state index in [0.717, 1.165) is 65.3 Å². The first-order valence-corrected chi connectivity index (χ1v) is 13.5. The number of H-pyrrole nitrogens is 2. The SMILES string of the molecule is CCCCC(=O)Nc1cncc(-c2ccc3[nH]nc(-c4cc5c([nH]4)CN=CC=C5N4CCCCC4)c3n2)c1. The summed E-state index contributed by atoms with van der Waals surface area (Å²) in [5, 5.41) is 10.7. The molecule has 4 aromatic heterocycles. The van der Waals surface area contributed by atoms with Crippen molar-refractivity contribution in [3.8, 4) is 22.6 Å². The Morgan fingerprint density at radius 3 is 2.89 bits per heavy atom. The molecule has 0 bridgehead atoms. The lowest BCUT2D eigenvalue weighted by Crippen LogP contribution is -2.28. The van der Waals surface area contributed by atoms with E-state index < -0.39 is 0 Å². The molecule has 2 aliphatic rings. The lowest BCUT2D eigenvalue weighted by molar-refractivity contribution is -0.116. The second-order valence-corrected chi connectivity index (χ2v) is 9.94. The van der Waals surface area contributed by atoms with Crippen LogP contribution in [0.3, 0.4) is 0 Å². The maximum Gasteiger partial charge on any atom is 0.224 e. The molecular weight excluding hydrogens is 476 g/mol. The third-order valence-corrected chi connectivity index (χ3v) is 7.20. The van der Waals surface area contributed by atoms with Crippen molar-refractivity contribution in [2.45, 2.75) is 52.0 Å². The number of unbranched alkanes of at least 4 members (excludes halogenated alkanes) is 1. The fourth-order valence-corrected chi connectivity index (χ4v) is 5.20. The molecule has 1 amide bonds. The first-order chi connectivity index (χ1) is 18.7. The summed E-state index contributed by atoms with van der Waals surface area (Å²) in [4.78, 5) is 32.1. The molecule has 4 aromatic rings. The van der Waals surface area contributed by atoms with Crippen molar-refractivity contribution in [2.24, 2.45) is 4.99 Å². The van der Waals surface area contributed by atoms with E-state index in [1.807, 2.05) is 24.4 Å².